The van der Waals surface area contributed by atoms with Crippen LogP contribution >= 0.6 is 11.3 Å². The highest BCUT2D eigenvalue weighted by Crippen LogP contribution is 2.34. The molecule has 1 aromatic carbocycles. The Balaban J connectivity index is 1.31. The van der Waals surface area contributed by atoms with E-state index in [9.17, 15) is 4.79 Å². The summed E-state index contributed by atoms with van der Waals surface area (Å²) in [4.78, 5) is 23.2. The van der Waals surface area contributed by atoms with Crippen molar-refractivity contribution in [1.82, 2.24) is 14.9 Å². The summed E-state index contributed by atoms with van der Waals surface area (Å²) in [6.07, 6.45) is 5.75. The van der Waals surface area contributed by atoms with Crippen molar-refractivity contribution in [1.29, 1.82) is 0 Å². The summed E-state index contributed by atoms with van der Waals surface area (Å²) in [5.74, 6) is 0.756. The Labute approximate surface area is 174 Å². The fraction of sp³-hybridized carbons (Fsp3) is 0.318. The van der Waals surface area contributed by atoms with Gasteiger partial charge in [0.25, 0.3) is 0 Å². The highest BCUT2D eigenvalue weighted by Gasteiger charge is 2.33. The molecule has 29 heavy (non-hydrogen) atoms. The molecule has 1 amide bonds. The molecule has 0 radical (unpaired) electrons. The van der Waals surface area contributed by atoms with Crippen LogP contribution in [0.1, 0.15) is 35.1 Å². The van der Waals surface area contributed by atoms with E-state index in [1.165, 1.54) is 0 Å². The van der Waals surface area contributed by atoms with Gasteiger partial charge in [0, 0.05) is 24.5 Å². The minimum Gasteiger partial charge on any atom is -0.492 e. The van der Waals surface area contributed by atoms with Gasteiger partial charge < -0.3 is 9.47 Å². The first-order valence-electron chi connectivity index (χ1n) is 9.74. The van der Waals surface area contributed by atoms with Gasteiger partial charge >= 0.3 is 6.09 Å². The number of carbonyl (C=O) groups excluding carboxylic acids is 1. The van der Waals surface area contributed by atoms with Gasteiger partial charge in [0.1, 0.15) is 17.4 Å². The molecule has 4 rings (SSSR count). The second-order valence-electron chi connectivity index (χ2n) is 6.86. The highest BCUT2D eigenvalue weighted by atomic mass is 32.1. The molecule has 6 nitrogen and oxygen atoms in total. The first-order chi connectivity index (χ1) is 14.3. The second kappa shape index (κ2) is 9.52. The number of ether oxygens (including phenoxy) is 2. The zero-order valence-electron chi connectivity index (χ0n) is 16.1. The fourth-order valence-electron chi connectivity index (χ4n) is 3.34. The molecule has 3 aromatic rings. The van der Waals surface area contributed by atoms with Gasteiger partial charge in [0.05, 0.1) is 24.5 Å². The molecule has 0 bridgehead atoms. The molecule has 2 aromatic heterocycles. The van der Waals surface area contributed by atoms with Crippen LogP contribution in [-0.2, 0) is 17.8 Å². The van der Waals surface area contributed by atoms with E-state index < -0.39 is 0 Å². The third-order valence-corrected chi connectivity index (χ3v) is 5.80. The Hall–Kier alpha value is -2.93. The summed E-state index contributed by atoms with van der Waals surface area (Å²) in [6.45, 7) is 1.54. The topological polar surface area (TPSA) is 64.5 Å². The van der Waals surface area contributed by atoms with Gasteiger partial charge in [-0.05, 0) is 30.5 Å². The van der Waals surface area contributed by atoms with Crippen LogP contribution in [-0.4, -0.2) is 34.1 Å². The van der Waals surface area contributed by atoms with Gasteiger partial charge in [-0.25, -0.2) is 9.78 Å². The van der Waals surface area contributed by atoms with Gasteiger partial charge in [0.2, 0.25) is 0 Å². The molecule has 150 valence electrons. The lowest BCUT2D eigenvalue weighted by Gasteiger charge is -2.22. The number of carbonyl (C=O) groups is 1. The predicted octanol–water partition coefficient (Wildman–Crippen LogP) is 4.63. The Kier molecular flexibility index (Phi) is 6.36. The van der Waals surface area contributed by atoms with E-state index in [1.54, 1.807) is 28.6 Å². The zero-order valence-corrected chi connectivity index (χ0v) is 16.9. The van der Waals surface area contributed by atoms with Crippen molar-refractivity contribution in [3.63, 3.8) is 0 Å². The van der Waals surface area contributed by atoms with Crippen LogP contribution in [0.4, 0.5) is 4.79 Å². The van der Waals surface area contributed by atoms with Crippen molar-refractivity contribution >= 4 is 17.4 Å². The lowest BCUT2D eigenvalue weighted by molar-refractivity contribution is 0.0920. The van der Waals surface area contributed by atoms with Gasteiger partial charge in [-0.1, -0.05) is 30.3 Å². The summed E-state index contributed by atoms with van der Waals surface area (Å²) in [7, 11) is 0. The van der Waals surface area contributed by atoms with Crippen molar-refractivity contribution in [2.24, 2.45) is 0 Å². The molecule has 0 aliphatic carbocycles. The first kappa shape index (κ1) is 19.4. The summed E-state index contributed by atoms with van der Waals surface area (Å²) >= 11 is 1.60. The Bertz CT molecular complexity index is 917. The molecule has 0 saturated carbocycles. The molecule has 0 spiro atoms. The maximum atomic E-state index is 12.6. The van der Waals surface area contributed by atoms with Crippen molar-refractivity contribution < 1.29 is 14.3 Å². The van der Waals surface area contributed by atoms with Crippen molar-refractivity contribution in [3.05, 3.63) is 76.5 Å². The van der Waals surface area contributed by atoms with Crippen LogP contribution in [0.15, 0.2) is 60.2 Å². The molecule has 0 N–H and O–H groups in total. The van der Waals surface area contributed by atoms with Gasteiger partial charge in [-0.2, -0.15) is 0 Å². The molecular formula is C22H23N3O3S. The van der Waals surface area contributed by atoms with Crippen LogP contribution in [0.5, 0.6) is 5.75 Å². The van der Waals surface area contributed by atoms with Crippen molar-refractivity contribution in [2.75, 3.05) is 13.2 Å². The lowest BCUT2D eigenvalue weighted by Crippen LogP contribution is -2.31. The molecule has 1 fully saturated rings. The second-order valence-corrected chi connectivity index (χ2v) is 7.75. The predicted molar refractivity (Wildman–Crippen MR) is 111 cm³/mol. The monoisotopic (exact) mass is 409 g/mol. The molecule has 3 heterocycles. The number of benzene rings is 1. The average Bonchev–Trinajstić information content (AvgIpc) is 3.43. The Morgan fingerprint density at radius 3 is 2.93 bits per heavy atom. The normalized spacial score (nSPS) is 16.0. The molecule has 7 heteroatoms. The van der Waals surface area contributed by atoms with Crippen molar-refractivity contribution in [3.8, 4) is 5.75 Å². The van der Waals surface area contributed by atoms with Crippen LogP contribution < -0.4 is 4.74 Å². The number of pyridine rings is 1. The quantitative estimate of drug-likeness (QED) is 0.569. The van der Waals surface area contributed by atoms with Crippen LogP contribution in [0.3, 0.4) is 0 Å². The third kappa shape index (κ3) is 5.12. The molecule has 1 saturated heterocycles. The summed E-state index contributed by atoms with van der Waals surface area (Å²) in [5, 5.41) is 3.02. The number of thiazole rings is 1. The van der Waals surface area contributed by atoms with Crippen molar-refractivity contribution in [2.45, 2.75) is 31.9 Å². The Morgan fingerprint density at radius 1 is 1.21 bits per heavy atom. The number of rotatable bonds is 7. The van der Waals surface area contributed by atoms with Gasteiger partial charge in [0.15, 0.2) is 0 Å². The lowest BCUT2D eigenvalue weighted by atomic mass is 10.2. The number of likely N-dealkylation sites (tertiary alicyclic amines) is 1. The first-order valence-corrected chi connectivity index (χ1v) is 10.6. The average molecular weight is 410 g/mol. The van der Waals surface area contributed by atoms with E-state index >= 15 is 0 Å². The molecule has 1 aliphatic rings. The van der Waals surface area contributed by atoms with Gasteiger partial charge in [-0.3, -0.25) is 9.88 Å². The number of aromatic nitrogens is 2. The minimum atomic E-state index is -0.270. The molecule has 1 atom stereocenters. The summed E-state index contributed by atoms with van der Waals surface area (Å²) in [6, 6.07) is 13.5. The number of nitrogens with zero attached hydrogens (tertiary/aromatic N) is 3. The van der Waals surface area contributed by atoms with E-state index in [4.69, 9.17) is 14.5 Å². The summed E-state index contributed by atoms with van der Waals surface area (Å²) in [5.41, 5.74) is 1.97. The number of amides is 1. The molecule has 1 aliphatic heterocycles. The SMILES string of the molecule is O=C(OCc1ccccc1)N1CCC[C@H]1c1nc(CCOc2cccnc2)cs1. The summed E-state index contributed by atoms with van der Waals surface area (Å²) < 4.78 is 11.2. The fourth-order valence-corrected chi connectivity index (χ4v) is 4.34. The standard InChI is InChI=1S/C22H23N3O3S/c26-22(28-15-17-6-2-1-3-7-17)25-12-5-9-20(25)21-24-18(16-29-21)10-13-27-19-8-4-11-23-14-19/h1-4,6-8,11,14,16,20H,5,9-10,12-13,15H2/t20-/m0/s1. The number of hydrogen-bond acceptors (Lipinski definition) is 6. The van der Waals surface area contributed by atoms with E-state index in [0.717, 1.165) is 41.3 Å². The highest BCUT2D eigenvalue weighted by molar-refractivity contribution is 7.09. The number of hydrogen-bond donors (Lipinski definition) is 0. The minimum absolute atomic E-state index is 0.00346. The van der Waals surface area contributed by atoms with Gasteiger partial charge in [-0.15, -0.1) is 11.3 Å². The van der Waals surface area contributed by atoms with Crippen LogP contribution in [0.25, 0.3) is 0 Å². The van der Waals surface area contributed by atoms with E-state index in [0.29, 0.717) is 13.2 Å². The molecule has 0 unspecified atom stereocenters. The largest absolute Gasteiger partial charge is 0.492 e. The maximum Gasteiger partial charge on any atom is 0.410 e. The van der Waals surface area contributed by atoms with E-state index in [-0.39, 0.29) is 18.7 Å². The van der Waals surface area contributed by atoms with Crippen LogP contribution in [0, 0.1) is 0 Å². The van der Waals surface area contributed by atoms with Crippen LogP contribution in [0.2, 0.25) is 0 Å². The maximum absolute atomic E-state index is 12.6. The smallest absolute Gasteiger partial charge is 0.410 e. The third-order valence-electron chi connectivity index (χ3n) is 4.81. The zero-order chi connectivity index (χ0) is 19.9. The Morgan fingerprint density at radius 2 is 2.10 bits per heavy atom. The molecular weight excluding hydrogens is 386 g/mol. The van der Waals surface area contributed by atoms with E-state index in [1.807, 2.05) is 47.8 Å². The van der Waals surface area contributed by atoms with E-state index in [2.05, 4.69) is 4.98 Å².